The van der Waals surface area contributed by atoms with Gasteiger partial charge in [0, 0.05) is 35.8 Å². The fraction of sp³-hybridized carbons (Fsp3) is 0.345. The molecule has 3 aromatic rings. The molecule has 1 aliphatic rings. The number of halogens is 1. The van der Waals surface area contributed by atoms with Gasteiger partial charge in [-0.15, -0.1) is 6.58 Å². The SMILES string of the molecule is C=CC(O)CC(CNCc1ccc(-c2cccc(-c3cccc4c3CCC4)c2Cl)nc1OC)NC. The van der Waals surface area contributed by atoms with E-state index in [1.807, 2.05) is 31.3 Å². The van der Waals surface area contributed by atoms with E-state index in [0.29, 0.717) is 30.4 Å². The van der Waals surface area contributed by atoms with Crippen LogP contribution in [0, 0.1) is 0 Å². The Morgan fingerprint density at radius 1 is 1.11 bits per heavy atom. The number of likely N-dealkylation sites (N-methyl/N-ethyl adjacent to an activating group) is 1. The Morgan fingerprint density at radius 3 is 2.66 bits per heavy atom. The maximum Gasteiger partial charge on any atom is 0.218 e. The molecule has 0 saturated heterocycles. The average Bonchev–Trinajstić information content (AvgIpc) is 3.37. The molecular weight excluding hydrogens is 458 g/mol. The minimum atomic E-state index is -0.526. The molecule has 0 fully saturated rings. The fourth-order valence-corrected chi connectivity index (χ4v) is 5.14. The highest BCUT2D eigenvalue weighted by molar-refractivity contribution is 6.36. The first-order chi connectivity index (χ1) is 17.0. The number of aromatic nitrogens is 1. The number of nitrogens with zero attached hydrogens (tertiary/aromatic N) is 1. The summed E-state index contributed by atoms with van der Waals surface area (Å²) in [6.45, 7) is 4.94. The molecule has 184 valence electrons. The lowest BCUT2D eigenvalue weighted by atomic mass is 9.95. The van der Waals surface area contributed by atoms with Crippen molar-refractivity contribution < 1.29 is 9.84 Å². The van der Waals surface area contributed by atoms with Gasteiger partial charge in [-0.05, 0) is 55.5 Å². The van der Waals surface area contributed by atoms with E-state index in [1.54, 1.807) is 13.2 Å². The second-order valence-corrected chi connectivity index (χ2v) is 9.36. The highest BCUT2D eigenvalue weighted by Crippen LogP contribution is 2.40. The minimum absolute atomic E-state index is 0.127. The van der Waals surface area contributed by atoms with E-state index in [9.17, 15) is 5.11 Å². The highest BCUT2D eigenvalue weighted by Gasteiger charge is 2.19. The van der Waals surface area contributed by atoms with Crippen molar-refractivity contribution in [1.82, 2.24) is 15.6 Å². The Labute approximate surface area is 213 Å². The van der Waals surface area contributed by atoms with Crippen LogP contribution in [0.1, 0.15) is 29.5 Å². The lowest BCUT2D eigenvalue weighted by Gasteiger charge is -2.19. The molecule has 1 aromatic heterocycles. The molecule has 1 aliphatic carbocycles. The molecule has 0 radical (unpaired) electrons. The normalized spacial score (nSPS) is 14.4. The summed E-state index contributed by atoms with van der Waals surface area (Å²) < 4.78 is 5.63. The van der Waals surface area contributed by atoms with Crippen LogP contribution < -0.4 is 15.4 Å². The van der Waals surface area contributed by atoms with E-state index in [0.717, 1.165) is 35.2 Å². The van der Waals surface area contributed by atoms with Crippen LogP contribution in [0.25, 0.3) is 22.4 Å². The second kappa shape index (κ2) is 11.8. The molecule has 0 aliphatic heterocycles. The van der Waals surface area contributed by atoms with Crippen molar-refractivity contribution in [2.45, 2.75) is 44.4 Å². The third-order valence-corrected chi connectivity index (χ3v) is 7.16. The van der Waals surface area contributed by atoms with Crippen LogP contribution >= 0.6 is 11.6 Å². The molecule has 6 heteroatoms. The maximum absolute atomic E-state index is 9.83. The number of methoxy groups -OCH3 is 1. The summed E-state index contributed by atoms with van der Waals surface area (Å²) in [5.41, 5.74) is 7.76. The monoisotopic (exact) mass is 491 g/mol. The van der Waals surface area contributed by atoms with Gasteiger partial charge in [-0.3, -0.25) is 0 Å². The molecule has 0 bridgehead atoms. The molecule has 0 saturated carbocycles. The maximum atomic E-state index is 9.83. The Morgan fingerprint density at radius 2 is 1.89 bits per heavy atom. The van der Waals surface area contributed by atoms with Gasteiger partial charge >= 0.3 is 0 Å². The van der Waals surface area contributed by atoms with Gasteiger partial charge in [-0.1, -0.05) is 60.1 Å². The van der Waals surface area contributed by atoms with Crippen molar-refractivity contribution in [1.29, 1.82) is 0 Å². The average molecular weight is 492 g/mol. The molecular formula is C29H34ClN3O2. The van der Waals surface area contributed by atoms with Crippen LogP contribution in [-0.4, -0.2) is 42.9 Å². The van der Waals surface area contributed by atoms with Crippen LogP contribution in [0.5, 0.6) is 5.88 Å². The van der Waals surface area contributed by atoms with E-state index in [1.165, 1.54) is 23.1 Å². The third-order valence-electron chi connectivity index (χ3n) is 6.76. The van der Waals surface area contributed by atoms with Gasteiger partial charge < -0.3 is 20.5 Å². The number of pyridine rings is 1. The van der Waals surface area contributed by atoms with Crippen LogP contribution in [-0.2, 0) is 19.4 Å². The number of fused-ring (bicyclic) bond motifs is 1. The molecule has 2 atom stereocenters. The molecule has 2 aromatic carbocycles. The molecule has 0 amide bonds. The topological polar surface area (TPSA) is 66.4 Å². The lowest BCUT2D eigenvalue weighted by Crippen LogP contribution is -2.38. The lowest BCUT2D eigenvalue weighted by molar-refractivity contribution is 0.195. The van der Waals surface area contributed by atoms with Gasteiger partial charge in [0.15, 0.2) is 0 Å². The zero-order valence-electron chi connectivity index (χ0n) is 20.5. The van der Waals surface area contributed by atoms with Crippen molar-refractivity contribution in [2.24, 2.45) is 0 Å². The number of aryl methyl sites for hydroxylation is 1. The zero-order valence-corrected chi connectivity index (χ0v) is 21.2. The summed E-state index contributed by atoms with van der Waals surface area (Å²) in [6.07, 6.45) is 5.06. The smallest absolute Gasteiger partial charge is 0.218 e. The Hall–Kier alpha value is -2.70. The van der Waals surface area contributed by atoms with Gasteiger partial charge in [-0.25, -0.2) is 4.98 Å². The molecule has 4 rings (SSSR count). The van der Waals surface area contributed by atoms with Gasteiger partial charge in [-0.2, -0.15) is 0 Å². The summed E-state index contributed by atoms with van der Waals surface area (Å²) >= 11 is 6.98. The summed E-state index contributed by atoms with van der Waals surface area (Å²) in [5, 5.41) is 17.2. The van der Waals surface area contributed by atoms with Gasteiger partial charge in [0.05, 0.1) is 23.9 Å². The predicted octanol–water partition coefficient (Wildman–Crippen LogP) is 5.18. The number of aliphatic hydroxyl groups excluding tert-OH is 1. The van der Waals surface area contributed by atoms with E-state index in [4.69, 9.17) is 21.3 Å². The number of rotatable bonds is 11. The van der Waals surface area contributed by atoms with E-state index in [-0.39, 0.29) is 6.04 Å². The van der Waals surface area contributed by atoms with Crippen molar-refractivity contribution >= 4 is 11.6 Å². The number of hydrogen-bond donors (Lipinski definition) is 3. The van der Waals surface area contributed by atoms with E-state index < -0.39 is 6.10 Å². The van der Waals surface area contributed by atoms with Crippen LogP contribution in [0.3, 0.4) is 0 Å². The third kappa shape index (κ3) is 5.76. The summed E-state index contributed by atoms with van der Waals surface area (Å²) in [5.74, 6) is 0.573. The van der Waals surface area contributed by atoms with Crippen LogP contribution in [0.15, 0.2) is 61.2 Å². The zero-order chi connectivity index (χ0) is 24.8. The number of aliphatic hydroxyl groups is 1. The molecule has 3 N–H and O–H groups in total. The summed E-state index contributed by atoms with van der Waals surface area (Å²) in [4.78, 5) is 4.79. The number of benzene rings is 2. The quantitative estimate of drug-likeness (QED) is 0.322. The number of ether oxygens (including phenoxy) is 1. The first-order valence-electron chi connectivity index (χ1n) is 12.2. The van der Waals surface area contributed by atoms with E-state index >= 15 is 0 Å². The first kappa shape index (κ1) is 25.4. The second-order valence-electron chi connectivity index (χ2n) is 8.98. The fourth-order valence-electron chi connectivity index (χ4n) is 4.81. The summed E-state index contributed by atoms with van der Waals surface area (Å²) in [6, 6.07) is 16.8. The van der Waals surface area contributed by atoms with Crippen molar-refractivity contribution in [3.63, 3.8) is 0 Å². The van der Waals surface area contributed by atoms with Gasteiger partial charge in [0.1, 0.15) is 0 Å². The van der Waals surface area contributed by atoms with Crippen LogP contribution in [0.2, 0.25) is 5.02 Å². The number of hydrogen-bond acceptors (Lipinski definition) is 5. The Balaban J connectivity index is 1.54. The minimum Gasteiger partial charge on any atom is -0.481 e. The molecule has 5 nitrogen and oxygen atoms in total. The predicted molar refractivity (Wildman–Crippen MR) is 144 cm³/mol. The highest BCUT2D eigenvalue weighted by atomic mass is 35.5. The van der Waals surface area contributed by atoms with Crippen molar-refractivity contribution in [2.75, 3.05) is 20.7 Å². The van der Waals surface area contributed by atoms with Crippen LogP contribution in [0.4, 0.5) is 0 Å². The van der Waals surface area contributed by atoms with Crippen molar-refractivity contribution in [3.05, 3.63) is 82.9 Å². The Kier molecular flexibility index (Phi) is 8.58. The first-order valence-corrected chi connectivity index (χ1v) is 12.6. The Bertz CT molecular complexity index is 1180. The van der Waals surface area contributed by atoms with Crippen molar-refractivity contribution in [3.8, 4) is 28.3 Å². The van der Waals surface area contributed by atoms with E-state index in [2.05, 4.69) is 41.5 Å². The van der Waals surface area contributed by atoms with Gasteiger partial charge in [0.2, 0.25) is 5.88 Å². The largest absolute Gasteiger partial charge is 0.481 e. The molecule has 1 heterocycles. The standard InChI is InChI=1S/C29H34ClN3O2/c1-4-22(34)16-21(31-2)18-32-17-20-14-15-27(33-29(20)35-3)26-13-7-12-25(28(26)30)24-11-6-9-19-8-5-10-23(19)24/h4,6-7,9,11-15,21-22,31-32,34H,1,5,8,10,16-18H2,2-3H3. The summed E-state index contributed by atoms with van der Waals surface area (Å²) in [7, 11) is 3.53. The number of nitrogens with one attached hydrogen (secondary N) is 2. The molecule has 35 heavy (non-hydrogen) atoms. The molecule has 2 unspecified atom stereocenters. The molecule has 0 spiro atoms. The van der Waals surface area contributed by atoms with Gasteiger partial charge in [0.25, 0.3) is 0 Å².